The third kappa shape index (κ3) is 47.9. The van der Waals surface area contributed by atoms with Gasteiger partial charge in [0.2, 0.25) is 0 Å². The Morgan fingerprint density at radius 3 is 0.757 bits per heavy atom. The van der Waals surface area contributed by atoms with E-state index in [0.29, 0.717) is 19.8 Å². The van der Waals surface area contributed by atoms with E-state index in [1.165, 1.54) is 0 Å². The third-order valence-electron chi connectivity index (χ3n) is 6.12. The fraction of sp³-hybridized carbons (Fsp3) is 0.164. The Morgan fingerprint density at radius 2 is 0.586 bits per heavy atom. The van der Waals surface area contributed by atoms with E-state index < -0.39 is 35.2 Å². The molecule has 0 heterocycles. The maximum absolute atomic E-state index is 8.54. The number of rotatable bonds is 11. The summed E-state index contributed by atoms with van der Waals surface area (Å²) in [6, 6.07) is 30.3. The Kier molecular flexibility index (Phi) is 36.6. The molecule has 0 unspecified atom stereocenters. The smallest absolute Gasteiger partial charge is 0.390 e. The summed E-state index contributed by atoms with van der Waals surface area (Å²) in [6.45, 7) is 8.15. The van der Waals surface area contributed by atoms with Crippen LogP contribution in [-0.4, -0.2) is 68.8 Å². The van der Waals surface area contributed by atoms with Gasteiger partial charge < -0.3 is 51.0 Å². The first-order chi connectivity index (χ1) is 32.9. The lowest BCUT2D eigenvalue weighted by atomic mass is 10.2. The molecule has 352 valence electrons. The SMILES string of the molecule is C.C#CC#CC#CC#CC#CC#CC#CC#CC#CC#CC#CC#CC#CC#CC.C[Si](O)(O)O.C[Si](O)(O)O[Si](C)(O)O.C[Si](OCc1ccccc1)(OCc1ccccc1)OCc1ccccc1.[HH]. The van der Waals surface area contributed by atoms with Crippen molar-refractivity contribution in [2.24, 2.45) is 0 Å². The summed E-state index contributed by atoms with van der Waals surface area (Å²) in [5.74, 6) is 66.9. The van der Waals surface area contributed by atoms with Gasteiger partial charge in [-0.1, -0.05) is 104 Å². The minimum absolute atomic E-state index is 0. The zero-order valence-electron chi connectivity index (χ0n) is 38.1. The monoisotopic (exact) mass is 998 g/mol. The van der Waals surface area contributed by atoms with Crippen LogP contribution in [0, 0.1) is 166 Å². The van der Waals surface area contributed by atoms with E-state index in [4.69, 9.17) is 53.3 Å². The molecule has 0 aliphatic heterocycles. The zero-order chi connectivity index (χ0) is 51.4. The Balaban J connectivity index is -0.00000101. The Labute approximate surface area is 420 Å². The fourth-order valence-electron chi connectivity index (χ4n) is 3.67. The normalized spacial score (nSPS) is 8.50. The lowest BCUT2D eigenvalue weighted by Crippen LogP contribution is -2.49. The lowest BCUT2D eigenvalue weighted by Gasteiger charge is -2.26. The molecule has 7 N–H and O–H groups in total. The highest BCUT2D eigenvalue weighted by atomic mass is 28.5. The molecule has 0 saturated heterocycles. The molecular formula is C55H50O11Si4. The molecule has 0 bridgehead atoms. The van der Waals surface area contributed by atoms with Crippen molar-refractivity contribution in [3.63, 3.8) is 0 Å². The molecule has 3 aromatic rings. The first kappa shape index (κ1) is 64.0. The highest BCUT2D eigenvalue weighted by Gasteiger charge is 2.37. The first-order valence-corrected chi connectivity index (χ1v) is 28.7. The molecule has 0 spiro atoms. The summed E-state index contributed by atoms with van der Waals surface area (Å²) >= 11 is 0. The number of benzene rings is 3. The Morgan fingerprint density at radius 1 is 0.386 bits per heavy atom. The van der Waals surface area contributed by atoms with E-state index in [-0.39, 0.29) is 8.85 Å². The molecule has 0 aliphatic carbocycles. The zero-order valence-corrected chi connectivity index (χ0v) is 42.1. The van der Waals surface area contributed by atoms with Crippen LogP contribution in [0.25, 0.3) is 0 Å². The molecular weight excluding hydrogens is 949 g/mol. The molecule has 11 nitrogen and oxygen atoms in total. The molecule has 0 fully saturated rings. The molecule has 70 heavy (non-hydrogen) atoms. The summed E-state index contributed by atoms with van der Waals surface area (Å²) in [5.41, 5.74) is 3.33. The van der Waals surface area contributed by atoms with E-state index in [0.717, 1.165) is 36.3 Å². The topological polar surface area (TPSA) is 179 Å². The van der Waals surface area contributed by atoms with Crippen LogP contribution in [0.2, 0.25) is 26.2 Å². The lowest BCUT2D eigenvalue weighted by molar-refractivity contribution is 0.0492. The van der Waals surface area contributed by atoms with Gasteiger partial charge in [0.1, 0.15) is 0 Å². The maximum atomic E-state index is 8.54. The van der Waals surface area contributed by atoms with Gasteiger partial charge >= 0.3 is 35.2 Å². The Hall–Kier alpha value is -8.07. The number of hydrogen-bond donors (Lipinski definition) is 7. The van der Waals surface area contributed by atoms with Crippen molar-refractivity contribution in [2.45, 2.75) is 60.4 Å². The molecule has 0 aromatic heterocycles. The van der Waals surface area contributed by atoms with E-state index in [1.54, 1.807) is 6.92 Å². The van der Waals surface area contributed by atoms with Gasteiger partial charge in [-0.3, -0.25) is 0 Å². The van der Waals surface area contributed by atoms with Crippen molar-refractivity contribution >= 4 is 35.2 Å². The van der Waals surface area contributed by atoms with E-state index in [9.17, 15) is 0 Å². The van der Waals surface area contributed by atoms with Crippen molar-refractivity contribution in [1.29, 1.82) is 0 Å². The van der Waals surface area contributed by atoms with Crippen LogP contribution >= 0.6 is 0 Å². The molecule has 0 saturated carbocycles. The third-order valence-corrected chi connectivity index (χ3v) is 11.2. The van der Waals surface area contributed by atoms with Crippen molar-refractivity contribution in [3.8, 4) is 166 Å². The average Bonchev–Trinajstić information content (AvgIpc) is 3.29. The summed E-state index contributed by atoms with van der Waals surface area (Å²) in [5, 5.41) is 0. The molecule has 0 aliphatic rings. The van der Waals surface area contributed by atoms with E-state index >= 15 is 0 Å². The van der Waals surface area contributed by atoms with Gasteiger partial charge in [-0.2, -0.15) is 0 Å². The van der Waals surface area contributed by atoms with Gasteiger partial charge in [0.25, 0.3) is 0 Å². The van der Waals surface area contributed by atoms with Gasteiger partial charge in [0.05, 0.1) is 19.8 Å². The van der Waals surface area contributed by atoms with Crippen LogP contribution in [0.1, 0.15) is 32.5 Å². The maximum Gasteiger partial charge on any atom is 0.498 e. The van der Waals surface area contributed by atoms with Crippen LogP contribution in [0.15, 0.2) is 91.0 Å². The molecule has 0 radical (unpaired) electrons. The second-order valence-electron chi connectivity index (χ2n) is 12.6. The van der Waals surface area contributed by atoms with Crippen LogP contribution in [-0.2, 0) is 37.2 Å². The molecule has 3 aromatic carbocycles. The predicted octanol–water partition coefficient (Wildman–Crippen LogP) is 3.41. The Bertz CT molecular complexity index is 2880. The van der Waals surface area contributed by atoms with Gasteiger partial charge in [-0.15, -0.1) is 6.42 Å². The van der Waals surface area contributed by atoms with Crippen molar-refractivity contribution in [1.82, 2.24) is 0 Å². The fourth-order valence-corrected chi connectivity index (χ4v) is 8.14. The van der Waals surface area contributed by atoms with Crippen molar-refractivity contribution in [2.75, 3.05) is 0 Å². The second-order valence-corrected chi connectivity index (χ2v) is 21.7. The summed E-state index contributed by atoms with van der Waals surface area (Å²) in [7, 11) is -13.9. The van der Waals surface area contributed by atoms with E-state index in [2.05, 4.69) is 164 Å². The van der Waals surface area contributed by atoms with Crippen molar-refractivity contribution in [3.05, 3.63) is 108 Å². The van der Waals surface area contributed by atoms with E-state index in [1.807, 2.05) is 97.5 Å². The van der Waals surface area contributed by atoms with Crippen LogP contribution in [0.5, 0.6) is 0 Å². The summed E-state index contributed by atoms with van der Waals surface area (Å²) in [4.78, 5) is 57.5. The summed E-state index contributed by atoms with van der Waals surface area (Å²) in [6.07, 6.45) is 4.92. The molecule has 3 rings (SSSR count). The van der Waals surface area contributed by atoms with Gasteiger partial charge in [-0.25, -0.2) is 0 Å². The van der Waals surface area contributed by atoms with Crippen molar-refractivity contribution < 1.29 is 52.4 Å². The van der Waals surface area contributed by atoms with Gasteiger partial charge in [0.15, 0.2) is 0 Å². The van der Waals surface area contributed by atoms with Crippen LogP contribution < -0.4 is 0 Å². The first-order valence-electron chi connectivity index (χ1n) is 19.5. The van der Waals surface area contributed by atoms with Gasteiger partial charge in [0, 0.05) is 86.8 Å². The highest BCUT2D eigenvalue weighted by Crippen LogP contribution is 2.18. The average molecular weight is 999 g/mol. The van der Waals surface area contributed by atoms with Gasteiger partial charge in [-0.05, 0) is 118 Å². The minimum atomic E-state index is -3.73. The largest absolute Gasteiger partial charge is 0.498 e. The highest BCUT2D eigenvalue weighted by molar-refractivity contribution is 6.70. The number of terminal acetylenes is 1. The quantitative estimate of drug-likeness (QED) is 0.111. The summed E-state index contributed by atoms with van der Waals surface area (Å²) < 4.78 is 22.6. The standard InChI is InChI=1S/C29H4.C22H24O3Si.C2H10O5Si2.CH6O3Si.CH4.H2/c1-3-5-7-9-11-13-15-17-19-21-23-25-27-29-28-26-24-22-20-18-16-14-12-10-8-6-4-2;1-26(23-17-20-11-5-2-6-12-20,24-18-21-13-7-3-8-14-21)25-19-22-15-9-4-10-16-22;1-8(3,4)7-9(2,5)6;1-5(2,3)4;;/h1H,2H3;2-16H,17-19H2,1H3;3-6H,1-2H3;2-4H,1H3;1H4;1H. The van der Waals surface area contributed by atoms with Crippen LogP contribution in [0.4, 0.5) is 0 Å². The molecule has 0 atom stereocenters. The second kappa shape index (κ2) is 40.0. The molecule has 0 amide bonds. The minimum Gasteiger partial charge on any atom is -0.390 e. The molecule has 15 heteroatoms. The predicted molar refractivity (Wildman–Crippen MR) is 281 cm³/mol. The number of hydrogen-bond acceptors (Lipinski definition) is 11. The van der Waals surface area contributed by atoms with Crippen LogP contribution in [0.3, 0.4) is 0 Å².